The van der Waals surface area contributed by atoms with Crippen LogP contribution in [0.3, 0.4) is 0 Å². The van der Waals surface area contributed by atoms with Crippen molar-refractivity contribution < 1.29 is 87.3 Å². The number of amides is 2. The minimum absolute atomic E-state index is 0.184. The molecule has 0 saturated carbocycles. The third-order valence-electron chi connectivity index (χ3n) is 17.6. The normalized spacial score (nSPS) is 22.8. The second-order valence-corrected chi connectivity index (χ2v) is 27.0. The van der Waals surface area contributed by atoms with Gasteiger partial charge < -0.3 is 69.6 Å². The number of hydrogen-bond donors (Lipinski definition) is 9. The lowest BCUT2D eigenvalue weighted by molar-refractivity contribution is -0.296. The highest BCUT2D eigenvalue weighted by Crippen LogP contribution is 2.42. The van der Waals surface area contributed by atoms with E-state index in [1.165, 1.54) is 135 Å². The molecule has 89 heavy (non-hydrogen) atoms. The molecule has 0 aromatic heterocycles. The maximum atomic E-state index is 14.0. The van der Waals surface area contributed by atoms with Crippen molar-refractivity contribution in [2.45, 2.75) is 397 Å². The molecule has 0 aromatic rings. The van der Waals surface area contributed by atoms with Gasteiger partial charge in [0.2, 0.25) is 11.8 Å². The van der Waals surface area contributed by atoms with Crippen molar-refractivity contribution in [3.63, 3.8) is 0 Å². The molecule has 2 amide bonds. The van der Waals surface area contributed by atoms with Gasteiger partial charge in [0, 0.05) is 12.8 Å². The molecule has 0 spiro atoms. The largest absolute Gasteiger partial charge is 0.470 e. The number of aliphatic hydroxyl groups excluding tert-OH is 5. The Morgan fingerprint density at radius 2 is 0.775 bits per heavy atom. The number of phosphoric ester groups is 1. The van der Waals surface area contributed by atoms with Gasteiger partial charge in [-0.05, 0) is 38.5 Å². The first kappa shape index (κ1) is 82.8. The lowest BCUT2D eigenvalue weighted by Crippen LogP contribution is -2.67. The summed E-state index contributed by atoms with van der Waals surface area (Å²) >= 11 is 0. The number of aliphatic hydroxyl groups is 5. The SMILES string of the molecule is CCCCCCCCCCCCCCCC(=O)O[C@H](CCCCCCCCCCC)CC(=O)N[C@H]1C(O)O[C@H](CO[C@@H]2O[C@H](CO)[C@@H](OP(=O)(O)O)[C@H](O)[C@H]2NC(=O)C[C@@H](CCCCCCCCCCC)OC(=O)CCCCCCCCCCC)[C@@H](O)[C@@H]1O. The lowest BCUT2D eigenvalue weighted by Gasteiger charge is -2.45. The fourth-order valence-electron chi connectivity index (χ4n) is 12.1. The zero-order chi connectivity index (χ0) is 65.3. The van der Waals surface area contributed by atoms with Gasteiger partial charge in [0.15, 0.2) is 12.6 Å². The van der Waals surface area contributed by atoms with E-state index in [0.29, 0.717) is 32.1 Å². The molecule has 524 valence electrons. The summed E-state index contributed by atoms with van der Waals surface area (Å²) in [5.74, 6) is -2.21. The highest BCUT2D eigenvalue weighted by Gasteiger charge is 2.51. The lowest BCUT2D eigenvalue weighted by atomic mass is 9.95. The summed E-state index contributed by atoms with van der Waals surface area (Å²) in [6.07, 6.45) is 28.9. The van der Waals surface area contributed by atoms with Gasteiger partial charge in [-0.1, -0.05) is 259 Å². The number of rotatable bonds is 58. The van der Waals surface area contributed by atoms with Gasteiger partial charge in [-0.3, -0.25) is 23.7 Å². The van der Waals surface area contributed by atoms with E-state index in [1.807, 2.05) is 0 Å². The zero-order valence-corrected chi connectivity index (χ0v) is 56.8. The van der Waals surface area contributed by atoms with Crippen molar-refractivity contribution in [2.24, 2.45) is 0 Å². The average molecular weight is 1290 g/mol. The van der Waals surface area contributed by atoms with Crippen molar-refractivity contribution in [3.05, 3.63) is 0 Å². The number of nitrogens with one attached hydrogen (secondary N) is 2. The van der Waals surface area contributed by atoms with Crippen LogP contribution >= 0.6 is 7.82 Å². The zero-order valence-electron chi connectivity index (χ0n) is 55.9. The Bertz CT molecular complexity index is 1820. The van der Waals surface area contributed by atoms with Gasteiger partial charge in [-0.15, -0.1) is 0 Å². The second-order valence-electron chi connectivity index (χ2n) is 25.8. The van der Waals surface area contributed by atoms with Crippen molar-refractivity contribution in [1.29, 1.82) is 0 Å². The van der Waals surface area contributed by atoms with Crippen molar-refractivity contribution >= 4 is 31.6 Å². The van der Waals surface area contributed by atoms with Crippen LogP contribution in [0, 0.1) is 0 Å². The van der Waals surface area contributed by atoms with E-state index in [2.05, 4.69) is 38.3 Å². The van der Waals surface area contributed by atoms with Crippen LogP contribution in [-0.2, 0) is 52.0 Å². The first-order valence-electron chi connectivity index (χ1n) is 35.9. The number of unbranched alkanes of at least 4 members (excludes halogenated alkanes) is 36. The standard InChI is InChI=1S/C68H129N2O18P/c1-5-9-13-17-21-25-26-27-28-32-36-40-44-47-59(74)84-53(45-41-37-33-29-22-18-14-10-6-2)49-57(72)69-61-64(77)63(76)56(86-67(61)79)52-83-68-62(65(78)66(55(51-71)87-68)88-89(80,81)82)70-58(73)50-54(46-42-38-34-30-23-19-15-11-7-3)85-60(75)48-43-39-35-31-24-20-16-12-8-4/h53-56,61-68,71,76-79H,5-52H2,1-4H3,(H,69,72)(H,70,73)(H2,80,81,82)/t53-,54-,55-,56-,61-,62-,63-,64-,65-,66-,67?,68-/m1/s1. The maximum absolute atomic E-state index is 14.0. The molecular weight excluding hydrogens is 1160 g/mol. The Morgan fingerprint density at radius 3 is 1.12 bits per heavy atom. The fraction of sp³-hybridized carbons (Fsp3) is 0.941. The Morgan fingerprint density at radius 1 is 0.438 bits per heavy atom. The van der Waals surface area contributed by atoms with Gasteiger partial charge in [0.1, 0.15) is 60.9 Å². The summed E-state index contributed by atoms with van der Waals surface area (Å²) in [6, 6.07) is -3.18. The third kappa shape index (κ3) is 40.5. The summed E-state index contributed by atoms with van der Waals surface area (Å²) in [5, 5.41) is 61.1. The Labute approximate surface area is 537 Å². The van der Waals surface area contributed by atoms with Crippen LogP contribution in [0.5, 0.6) is 0 Å². The predicted molar refractivity (Wildman–Crippen MR) is 346 cm³/mol. The molecule has 2 saturated heterocycles. The summed E-state index contributed by atoms with van der Waals surface area (Å²) in [4.78, 5) is 73.7. The molecular formula is C68H129N2O18P. The first-order valence-corrected chi connectivity index (χ1v) is 37.5. The Kier molecular flexibility index (Phi) is 49.3. The molecule has 9 N–H and O–H groups in total. The molecule has 12 atom stereocenters. The smallest absolute Gasteiger partial charge is 0.462 e. The topological polar surface area (TPSA) is 306 Å². The van der Waals surface area contributed by atoms with E-state index in [9.17, 15) is 59.1 Å². The van der Waals surface area contributed by atoms with E-state index in [4.69, 9.17) is 28.2 Å². The highest BCUT2D eigenvalue weighted by atomic mass is 31.2. The highest BCUT2D eigenvalue weighted by molar-refractivity contribution is 7.46. The van der Waals surface area contributed by atoms with Crippen molar-refractivity contribution in [1.82, 2.24) is 10.6 Å². The third-order valence-corrected chi connectivity index (χ3v) is 18.1. The molecule has 2 heterocycles. The molecule has 2 fully saturated rings. The molecule has 0 aromatic carbocycles. The van der Waals surface area contributed by atoms with Crippen LogP contribution in [0.4, 0.5) is 0 Å². The molecule has 21 heteroatoms. The van der Waals surface area contributed by atoms with Gasteiger partial charge in [-0.25, -0.2) is 4.57 Å². The molecule has 0 radical (unpaired) electrons. The van der Waals surface area contributed by atoms with Crippen LogP contribution in [-0.4, -0.2) is 146 Å². The van der Waals surface area contributed by atoms with Gasteiger partial charge in [-0.2, -0.15) is 0 Å². The quantitative estimate of drug-likeness (QED) is 0.0155. The molecule has 2 rings (SSSR count). The summed E-state index contributed by atoms with van der Waals surface area (Å²) < 4.78 is 46.3. The maximum Gasteiger partial charge on any atom is 0.470 e. The van der Waals surface area contributed by atoms with E-state index in [-0.39, 0.29) is 31.7 Å². The summed E-state index contributed by atoms with van der Waals surface area (Å²) in [5.41, 5.74) is 0. The Hall–Kier alpha value is -2.33. The van der Waals surface area contributed by atoms with Crippen LogP contribution in [0.2, 0.25) is 0 Å². The predicted octanol–water partition coefficient (Wildman–Crippen LogP) is 12.8. The fourth-order valence-corrected chi connectivity index (χ4v) is 12.7. The summed E-state index contributed by atoms with van der Waals surface area (Å²) in [6.45, 7) is 7.17. The van der Waals surface area contributed by atoms with Gasteiger partial charge in [0.25, 0.3) is 0 Å². The molecule has 2 aliphatic rings. The van der Waals surface area contributed by atoms with Crippen LogP contribution in [0.1, 0.15) is 323 Å². The summed E-state index contributed by atoms with van der Waals surface area (Å²) in [7, 11) is -5.33. The first-order chi connectivity index (χ1) is 43.0. The van der Waals surface area contributed by atoms with Crippen molar-refractivity contribution in [3.8, 4) is 0 Å². The van der Waals surface area contributed by atoms with E-state index < -0.39 is 112 Å². The number of ether oxygens (including phenoxy) is 5. The Balaban J connectivity index is 2.13. The van der Waals surface area contributed by atoms with E-state index >= 15 is 0 Å². The molecule has 1 unspecified atom stereocenters. The van der Waals surface area contributed by atoms with Crippen molar-refractivity contribution in [2.75, 3.05) is 13.2 Å². The van der Waals surface area contributed by atoms with Crippen LogP contribution < -0.4 is 10.6 Å². The number of carbonyl (C=O) groups excluding carboxylic acids is 4. The van der Waals surface area contributed by atoms with Crippen LogP contribution in [0.25, 0.3) is 0 Å². The van der Waals surface area contributed by atoms with E-state index in [1.54, 1.807) is 0 Å². The monoisotopic (exact) mass is 1290 g/mol. The number of esters is 2. The average Bonchev–Trinajstić information content (AvgIpc) is 1.72. The van der Waals surface area contributed by atoms with Gasteiger partial charge in [0.05, 0.1) is 26.1 Å². The number of hydrogen-bond acceptors (Lipinski definition) is 16. The second kappa shape index (κ2) is 53.0. The minimum atomic E-state index is -5.33. The molecule has 0 aliphatic carbocycles. The van der Waals surface area contributed by atoms with Gasteiger partial charge >= 0.3 is 19.8 Å². The van der Waals surface area contributed by atoms with Crippen LogP contribution in [0.15, 0.2) is 0 Å². The molecule has 0 bridgehead atoms. The molecule has 2 aliphatic heterocycles. The molecule has 20 nitrogen and oxygen atoms in total. The number of phosphoric acid groups is 1. The van der Waals surface area contributed by atoms with E-state index in [0.717, 1.165) is 103 Å². The minimum Gasteiger partial charge on any atom is -0.462 e. The number of carbonyl (C=O) groups is 4.